The lowest BCUT2D eigenvalue weighted by Gasteiger charge is -2.09. The van der Waals surface area contributed by atoms with Crippen LogP contribution in [0.5, 0.6) is 17.2 Å². The second-order valence-electron chi connectivity index (χ2n) is 6.76. The number of oxazole rings is 1. The van der Waals surface area contributed by atoms with Gasteiger partial charge in [-0.3, -0.25) is 0 Å². The van der Waals surface area contributed by atoms with Gasteiger partial charge in [-0.2, -0.15) is 0 Å². The summed E-state index contributed by atoms with van der Waals surface area (Å²) in [6.45, 7) is 2.86. The Labute approximate surface area is 161 Å². The Morgan fingerprint density at radius 2 is 1.89 bits per heavy atom. The zero-order valence-corrected chi connectivity index (χ0v) is 15.2. The molecule has 0 atom stereocenters. The Morgan fingerprint density at radius 1 is 1.00 bits per heavy atom. The SMILES string of the molecule is Cc1ccc2oc(-c3ccc(NCc4ccc5c(c4)OCO5)cc3O)nc2c1. The summed E-state index contributed by atoms with van der Waals surface area (Å²) >= 11 is 0. The number of nitrogens with zero attached hydrogens (tertiary/aromatic N) is 1. The molecule has 1 aliphatic rings. The Bertz CT molecular complexity index is 1180. The number of rotatable bonds is 4. The molecule has 5 rings (SSSR count). The van der Waals surface area contributed by atoms with Gasteiger partial charge in [0.25, 0.3) is 0 Å². The lowest BCUT2D eigenvalue weighted by molar-refractivity contribution is 0.174. The fourth-order valence-corrected chi connectivity index (χ4v) is 3.23. The van der Waals surface area contributed by atoms with E-state index in [4.69, 9.17) is 13.9 Å². The van der Waals surface area contributed by atoms with E-state index in [1.807, 2.05) is 49.4 Å². The normalized spacial score (nSPS) is 12.5. The van der Waals surface area contributed by atoms with Crippen LogP contribution in [0.15, 0.2) is 59.0 Å². The van der Waals surface area contributed by atoms with E-state index in [1.165, 1.54) is 0 Å². The third-order valence-corrected chi connectivity index (χ3v) is 4.70. The molecule has 0 bridgehead atoms. The molecular formula is C22H18N2O4. The van der Waals surface area contributed by atoms with Gasteiger partial charge in [-0.15, -0.1) is 0 Å². The first-order valence-electron chi connectivity index (χ1n) is 8.99. The third kappa shape index (κ3) is 2.99. The van der Waals surface area contributed by atoms with E-state index in [2.05, 4.69) is 10.3 Å². The molecule has 0 saturated heterocycles. The van der Waals surface area contributed by atoms with E-state index in [9.17, 15) is 5.11 Å². The number of benzene rings is 3. The van der Waals surface area contributed by atoms with Crippen LogP contribution in [0.1, 0.15) is 11.1 Å². The molecule has 3 aromatic carbocycles. The molecule has 1 aliphatic heterocycles. The van der Waals surface area contributed by atoms with Crippen molar-refractivity contribution in [3.63, 3.8) is 0 Å². The monoisotopic (exact) mass is 374 g/mol. The summed E-state index contributed by atoms with van der Waals surface area (Å²) in [6.07, 6.45) is 0. The van der Waals surface area contributed by atoms with Crippen molar-refractivity contribution in [1.82, 2.24) is 4.98 Å². The molecule has 6 heteroatoms. The summed E-state index contributed by atoms with van der Waals surface area (Å²) in [6, 6.07) is 17.0. The van der Waals surface area contributed by atoms with Crippen LogP contribution in [0.25, 0.3) is 22.6 Å². The molecule has 140 valence electrons. The minimum Gasteiger partial charge on any atom is -0.507 e. The molecular weight excluding hydrogens is 356 g/mol. The topological polar surface area (TPSA) is 76.8 Å². The number of fused-ring (bicyclic) bond motifs is 2. The molecule has 4 aromatic rings. The third-order valence-electron chi connectivity index (χ3n) is 4.70. The number of anilines is 1. The number of phenols is 1. The number of ether oxygens (including phenoxy) is 2. The van der Waals surface area contributed by atoms with E-state index in [1.54, 1.807) is 12.1 Å². The molecule has 0 aliphatic carbocycles. The number of nitrogens with one attached hydrogen (secondary N) is 1. The molecule has 0 amide bonds. The highest BCUT2D eigenvalue weighted by Crippen LogP contribution is 2.34. The van der Waals surface area contributed by atoms with Crippen LogP contribution in [0, 0.1) is 6.92 Å². The van der Waals surface area contributed by atoms with E-state index < -0.39 is 0 Å². The number of aryl methyl sites for hydroxylation is 1. The highest BCUT2D eigenvalue weighted by Gasteiger charge is 2.14. The van der Waals surface area contributed by atoms with Gasteiger partial charge >= 0.3 is 0 Å². The number of aromatic nitrogens is 1. The quantitative estimate of drug-likeness (QED) is 0.532. The van der Waals surface area contributed by atoms with Crippen molar-refractivity contribution >= 4 is 16.8 Å². The molecule has 6 nitrogen and oxygen atoms in total. The summed E-state index contributed by atoms with van der Waals surface area (Å²) in [7, 11) is 0. The van der Waals surface area contributed by atoms with Crippen molar-refractivity contribution in [2.45, 2.75) is 13.5 Å². The van der Waals surface area contributed by atoms with Crippen LogP contribution in [0.2, 0.25) is 0 Å². The molecule has 2 heterocycles. The van der Waals surface area contributed by atoms with Crippen molar-refractivity contribution in [1.29, 1.82) is 0 Å². The van der Waals surface area contributed by atoms with Gasteiger partial charge in [-0.25, -0.2) is 4.98 Å². The Kier molecular flexibility index (Phi) is 3.83. The minimum atomic E-state index is 0.110. The van der Waals surface area contributed by atoms with Crippen molar-refractivity contribution in [3.05, 3.63) is 65.7 Å². The van der Waals surface area contributed by atoms with Crippen LogP contribution in [-0.2, 0) is 6.54 Å². The Morgan fingerprint density at radius 3 is 2.79 bits per heavy atom. The van der Waals surface area contributed by atoms with Crippen LogP contribution < -0.4 is 14.8 Å². The van der Waals surface area contributed by atoms with Crippen molar-refractivity contribution < 1.29 is 19.0 Å². The van der Waals surface area contributed by atoms with Gasteiger partial charge in [-0.05, 0) is 54.4 Å². The number of phenolic OH excluding ortho intramolecular Hbond substituents is 1. The molecule has 0 radical (unpaired) electrons. The largest absolute Gasteiger partial charge is 0.507 e. The maximum atomic E-state index is 10.5. The van der Waals surface area contributed by atoms with Crippen LogP contribution in [-0.4, -0.2) is 16.9 Å². The van der Waals surface area contributed by atoms with Crippen molar-refractivity contribution in [3.8, 4) is 28.7 Å². The van der Waals surface area contributed by atoms with E-state index >= 15 is 0 Å². The van der Waals surface area contributed by atoms with Crippen LogP contribution >= 0.6 is 0 Å². The molecule has 28 heavy (non-hydrogen) atoms. The lowest BCUT2D eigenvalue weighted by atomic mass is 10.1. The first kappa shape index (κ1) is 16.5. The summed E-state index contributed by atoms with van der Waals surface area (Å²) < 4.78 is 16.5. The smallest absolute Gasteiger partial charge is 0.231 e. The van der Waals surface area contributed by atoms with Gasteiger partial charge in [-0.1, -0.05) is 12.1 Å². The molecule has 0 spiro atoms. The van der Waals surface area contributed by atoms with E-state index in [-0.39, 0.29) is 12.5 Å². The summed E-state index contributed by atoms with van der Waals surface area (Å²) in [5.74, 6) is 2.03. The van der Waals surface area contributed by atoms with Gasteiger partial charge in [0.2, 0.25) is 12.7 Å². The van der Waals surface area contributed by atoms with Gasteiger partial charge in [0.15, 0.2) is 17.1 Å². The van der Waals surface area contributed by atoms with Crippen LogP contribution in [0.3, 0.4) is 0 Å². The minimum absolute atomic E-state index is 0.110. The predicted octanol–water partition coefficient (Wildman–Crippen LogP) is 4.85. The number of aromatic hydroxyl groups is 1. The summed E-state index contributed by atoms with van der Waals surface area (Å²) in [5, 5.41) is 13.8. The highest BCUT2D eigenvalue weighted by atomic mass is 16.7. The summed E-state index contributed by atoms with van der Waals surface area (Å²) in [5.41, 5.74) is 5.00. The first-order valence-corrected chi connectivity index (χ1v) is 8.99. The fraction of sp³-hybridized carbons (Fsp3) is 0.136. The van der Waals surface area contributed by atoms with Crippen LogP contribution in [0.4, 0.5) is 5.69 Å². The lowest BCUT2D eigenvalue weighted by Crippen LogP contribution is -1.99. The van der Waals surface area contributed by atoms with Crippen molar-refractivity contribution in [2.75, 3.05) is 12.1 Å². The first-order chi connectivity index (χ1) is 13.7. The zero-order chi connectivity index (χ0) is 19.1. The van der Waals surface area contributed by atoms with Gasteiger partial charge < -0.3 is 24.3 Å². The second kappa shape index (κ2) is 6.49. The maximum absolute atomic E-state index is 10.5. The van der Waals surface area contributed by atoms with Gasteiger partial charge in [0.05, 0.1) is 5.56 Å². The standard InChI is InChI=1S/C22H18N2O4/c1-13-2-6-19-17(8-13)24-22(28-19)16-5-4-15(10-18(16)25)23-11-14-3-7-20-21(9-14)27-12-26-20/h2-10,23,25H,11-12H2,1H3. The van der Waals surface area contributed by atoms with E-state index in [0.29, 0.717) is 23.6 Å². The highest BCUT2D eigenvalue weighted by molar-refractivity contribution is 5.78. The average molecular weight is 374 g/mol. The van der Waals surface area contributed by atoms with Gasteiger partial charge in [0.1, 0.15) is 11.3 Å². The molecule has 0 unspecified atom stereocenters. The molecule has 2 N–H and O–H groups in total. The maximum Gasteiger partial charge on any atom is 0.231 e. The molecule has 1 aromatic heterocycles. The van der Waals surface area contributed by atoms with Gasteiger partial charge in [0, 0.05) is 18.3 Å². The predicted molar refractivity (Wildman–Crippen MR) is 106 cm³/mol. The van der Waals surface area contributed by atoms with Crippen molar-refractivity contribution in [2.24, 2.45) is 0 Å². The molecule has 0 fully saturated rings. The summed E-state index contributed by atoms with van der Waals surface area (Å²) in [4.78, 5) is 4.49. The second-order valence-corrected chi connectivity index (χ2v) is 6.76. The number of hydrogen-bond acceptors (Lipinski definition) is 6. The molecule has 0 saturated carbocycles. The zero-order valence-electron chi connectivity index (χ0n) is 15.2. The Hall–Kier alpha value is -3.67. The Balaban J connectivity index is 1.35. The average Bonchev–Trinajstić information content (AvgIpc) is 3.32. The fourth-order valence-electron chi connectivity index (χ4n) is 3.23. The van der Waals surface area contributed by atoms with E-state index in [0.717, 1.165) is 33.8 Å². The number of hydrogen-bond donors (Lipinski definition) is 2.